The zero-order valence-corrected chi connectivity index (χ0v) is 16.4. The summed E-state index contributed by atoms with van der Waals surface area (Å²) in [5.41, 5.74) is 7.68. The van der Waals surface area contributed by atoms with Crippen LogP contribution in [0.25, 0.3) is 0 Å². The van der Waals surface area contributed by atoms with Crippen LogP contribution in [0.1, 0.15) is 22.9 Å². The van der Waals surface area contributed by atoms with Gasteiger partial charge in [0.25, 0.3) is 0 Å². The number of hydrazine groups is 1. The van der Waals surface area contributed by atoms with Crippen molar-refractivity contribution in [3.63, 3.8) is 0 Å². The molecule has 2 N–H and O–H groups in total. The Morgan fingerprint density at radius 1 is 1.11 bits per heavy atom. The third-order valence-corrected chi connectivity index (χ3v) is 6.60. The largest absolute Gasteiger partial charge is 0.454 e. The van der Waals surface area contributed by atoms with Crippen LogP contribution in [0, 0.1) is 0 Å². The number of rotatable bonds is 4. The van der Waals surface area contributed by atoms with Crippen LogP contribution in [0.5, 0.6) is 11.5 Å². The molecule has 1 amide bonds. The lowest BCUT2D eigenvalue weighted by atomic mass is 10.1. The van der Waals surface area contributed by atoms with Gasteiger partial charge in [-0.3, -0.25) is 9.69 Å². The Kier molecular flexibility index (Phi) is 4.94. The lowest BCUT2D eigenvalue weighted by molar-refractivity contribution is -0.135. The number of benzene rings is 1. The summed E-state index contributed by atoms with van der Waals surface area (Å²) in [4.78, 5) is 18.5. The number of hydrogen-bond acceptors (Lipinski definition) is 7. The third-order valence-electron chi connectivity index (χ3n) is 5.62. The first kappa shape index (κ1) is 17.9. The standard InChI is InChI=1S/C20H24N4O3S/c25-20(16-11-15(21-22-16)19-2-1-9-28-19)24-7-5-23(6-8-24)12-14-3-4-17-18(10-14)27-13-26-17/h1-4,9-10,15-16,21-22H,5-8,11-13H2. The normalized spacial score (nSPS) is 24.6. The minimum atomic E-state index is -0.146. The average molecular weight is 401 g/mol. The molecule has 2 aromatic rings. The molecule has 2 saturated heterocycles. The number of piperazine rings is 1. The Morgan fingerprint density at radius 2 is 1.96 bits per heavy atom. The fraction of sp³-hybridized carbons (Fsp3) is 0.450. The van der Waals surface area contributed by atoms with Crippen molar-refractivity contribution in [2.75, 3.05) is 33.0 Å². The zero-order valence-electron chi connectivity index (χ0n) is 15.6. The van der Waals surface area contributed by atoms with E-state index in [4.69, 9.17) is 9.47 Å². The summed E-state index contributed by atoms with van der Waals surface area (Å²) in [5.74, 6) is 1.85. The molecule has 3 aliphatic rings. The molecule has 4 heterocycles. The van der Waals surface area contributed by atoms with Crippen LogP contribution >= 0.6 is 11.3 Å². The number of fused-ring (bicyclic) bond motifs is 1. The predicted molar refractivity (Wildman–Crippen MR) is 106 cm³/mol. The molecule has 2 atom stereocenters. The van der Waals surface area contributed by atoms with E-state index in [1.807, 2.05) is 11.0 Å². The number of thiophene rings is 1. The summed E-state index contributed by atoms with van der Waals surface area (Å²) in [6.07, 6.45) is 0.802. The number of nitrogens with zero attached hydrogens (tertiary/aromatic N) is 2. The summed E-state index contributed by atoms with van der Waals surface area (Å²) in [7, 11) is 0. The Bertz CT molecular complexity index is 836. The fourth-order valence-corrected chi connectivity index (χ4v) is 4.83. The van der Waals surface area contributed by atoms with E-state index in [0.717, 1.165) is 50.6 Å². The Hall–Kier alpha value is -2.13. The molecule has 7 nitrogen and oxygen atoms in total. The minimum absolute atomic E-state index is 0.146. The van der Waals surface area contributed by atoms with Gasteiger partial charge in [0.2, 0.25) is 12.7 Å². The van der Waals surface area contributed by atoms with E-state index in [-0.39, 0.29) is 18.0 Å². The van der Waals surface area contributed by atoms with Gasteiger partial charge >= 0.3 is 0 Å². The van der Waals surface area contributed by atoms with E-state index >= 15 is 0 Å². The highest BCUT2D eigenvalue weighted by molar-refractivity contribution is 7.10. The topological polar surface area (TPSA) is 66.1 Å². The molecule has 28 heavy (non-hydrogen) atoms. The van der Waals surface area contributed by atoms with E-state index < -0.39 is 0 Å². The van der Waals surface area contributed by atoms with Crippen molar-refractivity contribution in [1.82, 2.24) is 20.7 Å². The molecular formula is C20H24N4O3S. The molecule has 148 valence electrons. The van der Waals surface area contributed by atoms with Gasteiger partial charge in [0.1, 0.15) is 6.04 Å². The molecule has 2 fully saturated rings. The molecule has 0 aliphatic carbocycles. The SMILES string of the molecule is O=C(C1CC(c2cccs2)NN1)N1CCN(Cc2ccc3c(c2)OCO3)CC1. The van der Waals surface area contributed by atoms with Crippen LogP contribution in [0.15, 0.2) is 35.7 Å². The van der Waals surface area contributed by atoms with E-state index in [9.17, 15) is 4.79 Å². The fourth-order valence-electron chi connectivity index (χ4n) is 4.04. The first-order valence-corrected chi connectivity index (χ1v) is 10.6. The van der Waals surface area contributed by atoms with Gasteiger partial charge in [0.15, 0.2) is 11.5 Å². The summed E-state index contributed by atoms with van der Waals surface area (Å²) in [6, 6.07) is 10.4. The van der Waals surface area contributed by atoms with Crippen molar-refractivity contribution >= 4 is 17.2 Å². The van der Waals surface area contributed by atoms with E-state index in [1.54, 1.807) is 11.3 Å². The van der Waals surface area contributed by atoms with E-state index in [0.29, 0.717) is 6.79 Å². The second kappa shape index (κ2) is 7.71. The number of nitrogens with one attached hydrogen (secondary N) is 2. The van der Waals surface area contributed by atoms with Gasteiger partial charge in [-0.05, 0) is 35.6 Å². The van der Waals surface area contributed by atoms with E-state index in [2.05, 4.69) is 45.4 Å². The molecule has 3 aliphatic heterocycles. The van der Waals surface area contributed by atoms with Crippen LogP contribution in [0.3, 0.4) is 0 Å². The van der Waals surface area contributed by atoms with Gasteiger partial charge in [0.05, 0.1) is 6.04 Å². The lowest BCUT2D eigenvalue weighted by Crippen LogP contribution is -2.53. The van der Waals surface area contributed by atoms with Crippen LogP contribution in [0.4, 0.5) is 0 Å². The van der Waals surface area contributed by atoms with Gasteiger partial charge in [-0.2, -0.15) is 0 Å². The smallest absolute Gasteiger partial charge is 0.241 e. The highest BCUT2D eigenvalue weighted by Crippen LogP contribution is 2.33. The van der Waals surface area contributed by atoms with Gasteiger partial charge in [-0.25, -0.2) is 10.9 Å². The molecular weight excluding hydrogens is 376 g/mol. The molecule has 0 spiro atoms. The van der Waals surface area contributed by atoms with Crippen LogP contribution < -0.4 is 20.3 Å². The second-order valence-corrected chi connectivity index (χ2v) is 8.41. The van der Waals surface area contributed by atoms with Crippen molar-refractivity contribution in [2.45, 2.75) is 25.0 Å². The van der Waals surface area contributed by atoms with Crippen LogP contribution in [-0.4, -0.2) is 54.7 Å². The quantitative estimate of drug-likeness (QED) is 0.815. The number of hydrogen-bond donors (Lipinski definition) is 2. The van der Waals surface area contributed by atoms with E-state index in [1.165, 1.54) is 10.4 Å². The molecule has 5 rings (SSSR count). The third kappa shape index (κ3) is 3.60. The Morgan fingerprint density at radius 3 is 2.79 bits per heavy atom. The van der Waals surface area contributed by atoms with Crippen molar-refractivity contribution in [1.29, 1.82) is 0 Å². The van der Waals surface area contributed by atoms with Crippen LogP contribution in [-0.2, 0) is 11.3 Å². The molecule has 1 aromatic carbocycles. The maximum absolute atomic E-state index is 12.9. The molecule has 2 unspecified atom stereocenters. The van der Waals surface area contributed by atoms with Gasteiger partial charge in [0, 0.05) is 37.6 Å². The highest BCUT2D eigenvalue weighted by Gasteiger charge is 2.34. The van der Waals surface area contributed by atoms with Gasteiger partial charge < -0.3 is 14.4 Å². The van der Waals surface area contributed by atoms with Crippen molar-refractivity contribution in [3.8, 4) is 11.5 Å². The lowest BCUT2D eigenvalue weighted by Gasteiger charge is -2.35. The van der Waals surface area contributed by atoms with Crippen molar-refractivity contribution in [2.24, 2.45) is 0 Å². The summed E-state index contributed by atoms with van der Waals surface area (Å²) in [5, 5.41) is 2.07. The summed E-state index contributed by atoms with van der Waals surface area (Å²) < 4.78 is 10.8. The Balaban J connectivity index is 1.12. The highest BCUT2D eigenvalue weighted by atomic mass is 32.1. The van der Waals surface area contributed by atoms with Gasteiger partial charge in [-0.15, -0.1) is 11.3 Å². The number of ether oxygens (including phenoxy) is 2. The first-order valence-electron chi connectivity index (χ1n) is 9.70. The average Bonchev–Trinajstić information content (AvgIpc) is 3.48. The molecule has 1 aromatic heterocycles. The van der Waals surface area contributed by atoms with Gasteiger partial charge in [-0.1, -0.05) is 12.1 Å². The maximum Gasteiger partial charge on any atom is 0.241 e. The molecule has 0 bridgehead atoms. The zero-order chi connectivity index (χ0) is 18.9. The molecule has 0 radical (unpaired) electrons. The number of carbonyl (C=O) groups excluding carboxylic acids is 1. The summed E-state index contributed by atoms with van der Waals surface area (Å²) in [6.45, 7) is 4.47. The summed E-state index contributed by atoms with van der Waals surface area (Å²) >= 11 is 1.73. The van der Waals surface area contributed by atoms with Crippen molar-refractivity contribution in [3.05, 3.63) is 46.2 Å². The van der Waals surface area contributed by atoms with Crippen molar-refractivity contribution < 1.29 is 14.3 Å². The number of amides is 1. The predicted octanol–water partition coefficient (Wildman–Crippen LogP) is 1.73. The number of carbonyl (C=O) groups is 1. The monoisotopic (exact) mass is 400 g/mol. The minimum Gasteiger partial charge on any atom is -0.454 e. The Labute approximate surface area is 168 Å². The first-order chi connectivity index (χ1) is 13.8. The molecule has 8 heteroatoms. The maximum atomic E-state index is 12.9. The van der Waals surface area contributed by atoms with Crippen LogP contribution in [0.2, 0.25) is 0 Å². The second-order valence-electron chi connectivity index (χ2n) is 7.43. The molecule has 0 saturated carbocycles.